The van der Waals surface area contributed by atoms with Crippen LogP contribution >= 0.6 is 0 Å². The molecule has 1 saturated heterocycles. The number of ketones is 1. The molecule has 1 amide bonds. The highest BCUT2D eigenvalue weighted by Gasteiger charge is 2.47. The summed E-state index contributed by atoms with van der Waals surface area (Å²) in [5, 5.41) is 11.4. The molecular formula is C27H24N2O5. The van der Waals surface area contributed by atoms with Gasteiger partial charge in [0.1, 0.15) is 23.9 Å². The van der Waals surface area contributed by atoms with Gasteiger partial charge in [0.25, 0.3) is 11.7 Å². The van der Waals surface area contributed by atoms with Crippen LogP contribution in [0, 0.1) is 0 Å². The van der Waals surface area contributed by atoms with Gasteiger partial charge in [0.05, 0.1) is 31.0 Å². The molecule has 34 heavy (non-hydrogen) atoms. The zero-order valence-corrected chi connectivity index (χ0v) is 18.9. The number of nitrogens with zero attached hydrogens (tertiary/aromatic N) is 2. The molecule has 0 aromatic heterocycles. The maximum absolute atomic E-state index is 13.3. The van der Waals surface area contributed by atoms with E-state index in [4.69, 9.17) is 9.47 Å². The Morgan fingerprint density at radius 2 is 1.76 bits per heavy atom. The van der Waals surface area contributed by atoms with Gasteiger partial charge in [-0.2, -0.15) is 0 Å². The third-order valence-corrected chi connectivity index (χ3v) is 6.24. The van der Waals surface area contributed by atoms with Crippen LogP contribution in [0.3, 0.4) is 0 Å². The first-order chi connectivity index (χ1) is 16.5. The number of amides is 1. The second kappa shape index (κ2) is 8.59. The molecular weight excluding hydrogens is 432 g/mol. The molecule has 0 spiro atoms. The molecule has 2 aliphatic heterocycles. The molecule has 1 N–H and O–H groups in total. The van der Waals surface area contributed by atoms with Crippen molar-refractivity contribution in [3.05, 3.63) is 89.5 Å². The van der Waals surface area contributed by atoms with Crippen LogP contribution in [0.4, 0.5) is 11.4 Å². The number of benzene rings is 3. The number of hydrogen-bond donors (Lipinski definition) is 1. The molecule has 5 rings (SSSR count). The second-order valence-electron chi connectivity index (χ2n) is 8.23. The highest BCUT2D eigenvalue weighted by atomic mass is 16.5. The molecule has 1 unspecified atom stereocenters. The Bertz CT molecular complexity index is 1280. The lowest BCUT2D eigenvalue weighted by Crippen LogP contribution is -2.29. The fourth-order valence-electron chi connectivity index (χ4n) is 4.45. The lowest BCUT2D eigenvalue weighted by Gasteiger charge is -2.28. The van der Waals surface area contributed by atoms with E-state index in [2.05, 4.69) is 0 Å². The molecule has 172 valence electrons. The molecule has 0 aliphatic carbocycles. The predicted octanol–water partition coefficient (Wildman–Crippen LogP) is 4.15. The van der Waals surface area contributed by atoms with Crippen molar-refractivity contribution >= 4 is 28.8 Å². The molecule has 2 aliphatic rings. The SMILES string of the molecule is COc1ccc(N2C(=O)C(=O)/C(=C(\O)c3ccc4c(c3)N(C)CCO4)C2c2ccccc2)cc1. The van der Waals surface area contributed by atoms with Crippen LogP contribution in [0.25, 0.3) is 5.76 Å². The third kappa shape index (κ3) is 3.55. The Kier molecular flexibility index (Phi) is 5.45. The van der Waals surface area contributed by atoms with Crippen LogP contribution in [-0.4, -0.2) is 44.1 Å². The van der Waals surface area contributed by atoms with Crippen LogP contribution in [0.2, 0.25) is 0 Å². The topological polar surface area (TPSA) is 79.3 Å². The van der Waals surface area contributed by atoms with Gasteiger partial charge in [-0.1, -0.05) is 30.3 Å². The van der Waals surface area contributed by atoms with Crippen molar-refractivity contribution in [2.75, 3.05) is 37.1 Å². The smallest absolute Gasteiger partial charge is 0.300 e. The minimum atomic E-state index is -0.778. The first kappa shape index (κ1) is 21.6. The largest absolute Gasteiger partial charge is 0.507 e. The van der Waals surface area contributed by atoms with Crippen molar-refractivity contribution in [1.29, 1.82) is 0 Å². The summed E-state index contributed by atoms with van der Waals surface area (Å²) in [6.45, 7) is 1.29. The van der Waals surface area contributed by atoms with Gasteiger partial charge in [-0.3, -0.25) is 14.5 Å². The van der Waals surface area contributed by atoms with E-state index in [1.165, 1.54) is 4.90 Å². The maximum Gasteiger partial charge on any atom is 0.300 e. The first-order valence-corrected chi connectivity index (χ1v) is 11.0. The number of carbonyl (C=O) groups is 2. The molecule has 3 aromatic carbocycles. The van der Waals surface area contributed by atoms with Crippen LogP contribution < -0.4 is 19.3 Å². The van der Waals surface area contributed by atoms with Crippen molar-refractivity contribution in [3.63, 3.8) is 0 Å². The zero-order chi connectivity index (χ0) is 23.8. The van der Waals surface area contributed by atoms with E-state index < -0.39 is 17.7 Å². The Hall–Kier alpha value is -4.26. The molecule has 0 radical (unpaired) electrons. The van der Waals surface area contributed by atoms with Crippen molar-refractivity contribution in [3.8, 4) is 11.5 Å². The van der Waals surface area contributed by atoms with Gasteiger partial charge >= 0.3 is 0 Å². The Labute approximate surface area is 197 Å². The lowest BCUT2D eigenvalue weighted by atomic mass is 9.95. The van der Waals surface area contributed by atoms with Crippen molar-refractivity contribution < 1.29 is 24.2 Å². The highest BCUT2D eigenvalue weighted by molar-refractivity contribution is 6.51. The molecule has 7 nitrogen and oxygen atoms in total. The summed E-state index contributed by atoms with van der Waals surface area (Å²) in [6, 6.07) is 20.6. The Morgan fingerprint density at radius 1 is 1.03 bits per heavy atom. The summed E-state index contributed by atoms with van der Waals surface area (Å²) in [5.41, 5.74) is 2.57. The highest BCUT2D eigenvalue weighted by Crippen LogP contribution is 2.43. The molecule has 3 aromatic rings. The Morgan fingerprint density at radius 3 is 2.47 bits per heavy atom. The second-order valence-corrected chi connectivity index (χ2v) is 8.23. The minimum Gasteiger partial charge on any atom is -0.507 e. The summed E-state index contributed by atoms with van der Waals surface area (Å²) in [5.74, 6) is -0.297. The van der Waals surface area contributed by atoms with E-state index in [0.29, 0.717) is 35.9 Å². The van der Waals surface area contributed by atoms with E-state index in [0.717, 1.165) is 11.3 Å². The molecule has 0 bridgehead atoms. The van der Waals surface area contributed by atoms with Gasteiger partial charge in [0.15, 0.2) is 0 Å². The molecule has 1 fully saturated rings. The number of anilines is 2. The third-order valence-electron chi connectivity index (χ3n) is 6.24. The van der Waals surface area contributed by atoms with Gasteiger partial charge in [-0.15, -0.1) is 0 Å². The quantitative estimate of drug-likeness (QED) is 0.361. The molecule has 0 saturated carbocycles. The van der Waals surface area contributed by atoms with Crippen molar-refractivity contribution in [2.24, 2.45) is 0 Å². The van der Waals surface area contributed by atoms with Crippen LogP contribution in [0.5, 0.6) is 11.5 Å². The number of fused-ring (bicyclic) bond motifs is 1. The standard InChI is InChI=1S/C27H24N2O5/c1-28-14-15-34-22-13-8-18(16-21(22)28)25(30)23-24(17-6-4-3-5-7-17)29(27(32)26(23)31)19-9-11-20(33-2)12-10-19/h3-13,16,24,30H,14-15H2,1-2H3/b25-23-. The maximum atomic E-state index is 13.3. The number of aliphatic hydroxyl groups excluding tert-OH is 1. The number of likely N-dealkylation sites (N-methyl/N-ethyl adjacent to an activating group) is 1. The number of hydrogen-bond acceptors (Lipinski definition) is 6. The van der Waals surface area contributed by atoms with Gasteiger partial charge in [-0.25, -0.2) is 0 Å². The van der Waals surface area contributed by atoms with E-state index in [-0.39, 0.29) is 11.3 Å². The number of methoxy groups -OCH3 is 1. The van der Waals surface area contributed by atoms with Gasteiger partial charge < -0.3 is 19.5 Å². The van der Waals surface area contributed by atoms with Crippen LogP contribution in [-0.2, 0) is 9.59 Å². The lowest BCUT2D eigenvalue weighted by molar-refractivity contribution is -0.132. The average Bonchev–Trinajstić information content (AvgIpc) is 3.14. The molecule has 2 heterocycles. The van der Waals surface area contributed by atoms with Gasteiger partial charge in [0, 0.05) is 18.3 Å². The van der Waals surface area contributed by atoms with Crippen LogP contribution in [0.15, 0.2) is 78.4 Å². The fraction of sp³-hybridized carbons (Fsp3) is 0.185. The van der Waals surface area contributed by atoms with Crippen LogP contribution in [0.1, 0.15) is 17.2 Å². The van der Waals surface area contributed by atoms with Crippen molar-refractivity contribution in [2.45, 2.75) is 6.04 Å². The normalized spacial score (nSPS) is 19.1. The van der Waals surface area contributed by atoms with E-state index >= 15 is 0 Å². The van der Waals surface area contributed by atoms with E-state index in [1.54, 1.807) is 49.6 Å². The summed E-state index contributed by atoms with van der Waals surface area (Å²) in [4.78, 5) is 30.0. The molecule has 1 atom stereocenters. The summed E-state index contributed by atoms with van der Waals surface area (Å²) >= 11 is 0. The van der Waals surface area contributed by atoms with Gasteiger partial charge in [0.2, 0.25) is 0 Å². The zero-order valence-electron chi connectivity index (χ0n) is 18.9. The number of carbonyl (C=O) groups excluding carboxylic acids is 2. The minimum absolute atomic E-state index is 0.0475. The Balaban J connectivity index is 1.67. The monoisotopic (exact) mass is 456 g/mol. The van der Waals surface area contributed by atoms with Crippen molar-refractivity contribution in [1.82, 2.24) is 0 Å². The number of aliphatic hydroxyl groups is 1. The molecule has 7 heteroatoms. The number of rotatable bonds is 4. The van der Waals surface area contributed by atoms with E-state index in [1.807, 2.05) is 42.3 Å². The average molecular weight is 456 g/mol. The summed E-state index contributed by atoms with van der Waals surface area (Å²) in [6.07, 6.45) is 0. The van der Waals surface area contributed by atoms with E-state index in [9.17, 15) is 14.7 Å². The summed E-state index contributed by atoms with van der Waals surface area (Å²) in [7, 11) is 3.50. The summed E-state index contributed by atoms with van der Waals surface area (Å²) < 4.78 is 10.9. The fourth-order valence-corrected chi connectivity index (χ4v) is 4.45. The predicted molar refractivity (Wildman–Crippen MR) is 129 cm³/mol. The number of ether oxygens (including phenoxy) is 2. The van der Waals surface area contributed by atoms with Gasteiger partial charge in [-0.05, 0) is 48.0 Å². The first-order valence-electron chi connectivity index (χ1n) is 11.0. The number of Topliss-reactive ketones (excluding diaryl/α,β-unsaturated/α-hetero) is 1.